The van der Waals surface area contributed by atoms with Crippen LogP contribution in [0.3, 0.4) is 0 Å². The molecule has 0 spiro atoms. The number of para-hydroxylation sites is 1. The monoisotopic (exact) mass is 279 g/mol. The number of aliphatic hydroxyl groups is 1. The molecule has 0 aliphatic heterocycles. The molecule has 1 atom stereocenters. The molecule has 0 aliphatic rings. The van der Waals surface area contributed by atoms with E-state index < -0.39 is 6.10 Å². The number of benzene rings is 1. The second-order valence-corrected chi connectivity index (χ2v) is 5.41. The first-order valence-electron chi connectivity index (χ1n) is 7.09. The predicted octanol–water partition coefficient (Wildman–Crippen LogP) is 4.71. The summed E-state index contributed by atoms with van der Waals surface area (Å²) in [5, 5.41) is 11.8. The molecular formula is C16H22ClNO. The number of rotatable bonds is 5. The summed E-state index contributed by atoms with van der Waals surface area (Å²) in [6, 6.07) is 6.26. The largest absolute Gasteiger partial charge is 0.389 e. The van der Waals surface area contributed by atoms with Crippen LogP contribution in [0.4, 0.5) is 0 Å². The Bertz CT molecular complexity index is 572. The Labute approximate surface area is 120 Å². The van der Waals surface area contributed by atoms with Crippen molar-refractivity contribution in [2.75, 3.05) is 0 Å². The maximum Gasteiger partial charge on any atom is 0.115 e. The summed E-state index contributed by atoms with van der Waals surface area (Å²) >= 11 is 6.51. The fourth-order valence-corrected chi connectivity index (χ4v) is 3.12. The van der Waals surface area contributed by atoms with Crippen LogP contribution in [0.15, 0.2) is 18.2 Å². The summed E-state index contributed by atoms with van der Waals surface area (Å²) in [5.41, 5.74) is 3.35. The molecule has 1 aromatic carbocycles. The van der Waals surface area contributed by atoms with E-state index in [9.17, 15) is 5.11 Å². The number of aliphatic hydroxyl groups excluding tert-OH is 1. The highest BCUT2D eigenvalue weighted by Crippen LogP contribution is 2.36. The molecule has 19 heavy (non-hydrogen) atoms. The molecule has 2 nitrogen and oxygen atoms in total. The molecule has 0 aliphatic carbocycles. The predicted molar refractivity (Wildman–Crippen MR) is 81.9 cm³/mol. The van der Waals surface area contributed by atoms with Crippen LogP contribution in [0.2, 0.25) is 5.15 Å². The smallest absolute Gasteiger partial charge is 0.115 e. The van der Waals surface area contributed by atoms with Crippen LogP contribution < -0.4 is 0 Å². The summed E-state index contributed by atoms with van der Waals surface area (Å²) < 4.78 is 2.17. The van der Waals surface area contributed by atoms with Gasteiger partial charge in [0.25, 0.3) is 0 Å². The highest BCUT2D eigenvalue weighted by atomic mass is 35.5. The van der Waals surface area contributed by atoms with Gasteiger partial charge in [-0.1, -0.05) is 50.1 Å². The summed E-state index contributed by atoms with van der Waals surface area (Å²) in [5.74, 6) is 0. The molecule has 2 rings (SSSR count). The summed E-state index contributed by atoms with van der Waals surface area (Å²) in [7, 11) is 0. The highest BCUT2D eigenvalue weighted by molar-refractivity contribution is 6.32. The SMILES string of the molecule is CCCCn1c(Cl)c(C(C)O)c2cccc(CC)c21. The third-order valence-corrected chi connectivity index (χ3v) is 4.08. The summed E-state index contributed by atoms with van der Waals surface area (Å²) in [4.78, 5) is 0. The van der Waals surface area contributed by atoms with Crippen molar-refractivity contribution in [3.63, 3.8) is 0 Å². The number of nitrogens with zero attached hydrogens (tertiary/aromatic N) is 1. The Balaban J connectivity index is 2.73. The second-order valence-electron chi connectivity index (χ2n) is 5.05. The van der Waals surface area contributed by atoms with Gasteiger partial charge in [0.2, 0.25) is 0 Å². The van der Waals surface area contributed by atoms with E-state index in [0.717, 1.165) is 36.8 Å². The van der Waals surface area contributed by atoms with Crippen LogP contribution >= 0.6 is 11.6 Å². The number of fused-ring (bicyclic) bond motifs is 1. The maximum atomic E-state index is 10.0. The lowest BCUT2D eigenvalue weighted by molar-refractivity contribution is 0.200. The molecule has 0 bridgehead atoms. The maximum absolute atomic E-state index is 10.0. The summed E-state index contributed by atoms with van der Waals surface area (Å²) in [6.45, 7) is 7.02. The molecule has 1 aromatic heterocycles. The van der Waals surface area contributed by atoms with Crippen LogP contribution in [-0.2, 0) is 13.0 Å². The van der Waals surface area contributed by atoms with Gasteiger partial charge in [-0.2, -0.15) is 0 Å². The minimum absolute atomic E-state index is 0.537. The van der Waals surface area contributed by atoms with E-state index in [0.29, 0.717) is 5.15 Å². The third kappa shape index (κ3) is 2.52. The minimum atomic E-state index is -0.537. The van der Waals surface area contributed by atoms with Crippen molar-refractivity contribution in [3.8, 4) is 0 Å². The van der Waals surface area contributed by atoms with E-state index in [1.165, 1.54) is 11.1 Å². The van der Waals surface area contributed by atoms with Gasteiger partial charge in [-0.05, 0) is 25.3 Å². The standard InChI is InChI=1S/C16H22ClNO/c1-4-6-10-18-15-12(5-2)8-7-9-13(15)14(11(3)19)16(18)17/h7-9,11,19H,4-6,10H2,1-3H3. The average Bonchev–Trinajstić information content (AvgIpc) is 2.68. The number of hydrogen-bond donors (Lipinski definition) is 1. The number of hydrogen-bond acceptors (Lipinski definition) is 1. The quantitative estimate of drug-likeness (QED) is 0.842. The molecule has 1 N–H and O–H groups in total. The van der Waals surface area contributed by atoms with Gasteiger partial charge in [0.1, 0.15) is 5.15 Å². The van der Waals surface area contributed by atoms with Crippen molar-refractivity contribution < 1.29 is 5.11 Å². The Morgan fingerprint density at radius 2 is 2.05 bits per heavy atom. The zero-order valence-corrected chi connectivity index (χ0v) is 12.7. The molecule has 0 fully saturated rings. The van der Waals surface area contributed by atoms with Gasteiger partial charge in [0.05, 0.1) is 11.6 Å². The minimum Gasteiger partial charge on any atom is -0.389 e. The van der Waals surface area contributed by atoms with Gasteiger partial charge >= 0.3 is 0 Å². The van der Waals surface area contributed by atoms with E-state index in [1.54, 1.807) is 6.92 Å². The topological polar surface area (TPSA) is 25.2 Å². The normalized spacial score (nSPS) is 13.1. The first-order chi connectivity index (χ1) is 9.11. The van der Waals surface area contributed by atoms with Crippen molar-refractivity contribution in [3.05, 3.63) is 34.5 Å². The Morgan fingerprint density at radius 1 is 1.32 bits per heavy atom. The number of aryl methyl sites for hydroxylation is 2. The van der Waals surface area contributed by atoms with Crippen LogP contribution in [0.5, 0.6) is 0 Å². The molecule has 0 saturated heterocycles. The lowest BCUT2D eigenvalue weighted by atomic mass is 10.0. The molecule has 104 valence electrons. The van der Waals surface area contributed by atoms with E-state index in [-0.39, 0.29) is 0 Å². The van der Waals surface area contributed by atoms with Gasteiger partial charge in [-0.3, -0.25) is 0 Å². The highest BCUT2D eigenvalue weighted by Gasteiger charge is 2.20. The Morgan fingerprint density at radius 3 is 2.63 bits per heavy atom. The van der Waals surface area contributed by atoms with E-state index >= 15 is 0 Å². The molecule has 3 heteroatoms. The first kappa shape index (κ1) is 14.4. The van der Waals surface area contributed by atoms with Crippen LogP contribution in [0.1, 0.15) is 50.8 Å². The van der Waals surface area contributed by atoms with Crippen molar-refractivity contribution in [2.45, 2.75) is 52.7 Å². The van der Waals surface area contributed by atoms with Gasteiger partial charge in [-0.25, -0.2) is 0 Å². The van der Waals surface area contributed by atoms with Gasteiger partial charge in [0, 0.05) is 17.5 Å². The number of unbranched alkanes of at least 4 members (excludes halogenated alkanes) is 1. The van der Waals surface area contributed by atoms with Gasteiger partial charge < -0.3 is 9.67 Å². The number of aromatic nitrogens is 1. The Kier molecular flexibility index (Phi) is 4.54. The summed E-state index contributed by atoms with van der Waals surface area (Å²) in [6.07, 6.45) is 2.67. The van der Waals surface area contributed by atoms with Crippen molar-refractivity contribution >= 4 is 22.5 Å². The fraction of sp³-hybridized carbons (Fsp3) is 0.500. The average molecular weight is 280 g/mol. The molecule has 1 heterocycles. The molecule has 2 aromatic rings. The number of halogens is 1. The zero-order valence-electron chi connectivity index (χ0n) is 11.9. The van der Waals surface area contributed by atoms with Crippen LogP contribution in [0.25, 0.3) is 10.9 Å². The molecule has 1 unspecified atom stereocenters. The molecule has 0 radical (unpaired) electrons. The zero-order chi connectivity index (χ0) is 14.0. The van der Waals surface area contributed by atoms with E-state index in [2.05, 4.69) is 30.5 Å². The molecular weight excluding hydrogens is 258 g/mol. The van der Waals surface area contributed by atoms with Crippen LogP contribution in [-0.4, -0.2) is 9.67 Å². The molecule has 0 saturated carbocycles. The first-order valence-corrected chi connectivity index (χ1v) is 7.47. The van der Waals surface area contributed by atoms with Crippen LogP contribution in [0, 0.1) is 0 Å². The molecule has 0 amide bonds. The lowest BCUT2D eigenvalue weighted by Crippen LogP contribution is -2.00. The third-order valence-electron chi connectivity index (χ3n) is 3.67. The van der Waals surface area contributed by atoms with Gasteiger partial charge in [-0.15, -0.1) is 0 Å². The van der Waals surface area contributed by atoms with Crippen molar-refractivity contribution in [1.29, 1.82) is 0 Å². The second kappa shape index (κ2) is 5.98. The van der Waals surface area contributed by atoms with Crippen molar-refractivity contribution in [1.82, 2.24) is 4.57 Å². The fourth-order valence-electron chi connectivity index (χ4n) is 2.69. The lowest BCUT2D eigenvalue weighted by Gasteiger charge is -2.09. The van der Waals surface area contributed by atoms with E-state index in [4.69, 9.17) is 11.6 Å². The van der Waals surface area contributed by atoms with Crippen molar-refractivity contribution in [2.24, 2.45) is 0 Å². The Hall–Kier alpha value is -0.990. The van der Waals surface area contributed by atoms with E-state index in [1.807, 2.05) is 6.07 Å². The van der Waals surface area contributed by atoms with Gasteiger partial charge in [0.15, 0.2) is 0 Å².